The molecule has 0 aromatic heterocycles. The number of halogens is 2. The summed E-state index contributed by atoms with van der Waals surface area (Å²) in [6, 6.07) is 5.86. The first kappa shape index (κ1) is 13.2. The van der Waals surface area contributed by atoms with Crippen LogP contribution in [0.3, 0.4) is 0 Å². The SMILES string of the molecule is CCCC1(C)OCc2cc([Si](Cl)Cl)ccc2O1. The molecular formula is C12H15Cl2O2Si. The molecule has 0 saturated heterocycles. The lowest BCUT2D eigenvalue weighted by Crippen LogP contribution is -2.39. The molecule has 1 atom stereocenters. The number of hydrogen-bond donors (Lipinski definition) is 0. The van der Waals surface area contributed by atoms with Gasteiger partial charge in [-0.05, 0) is 17.7 Å². The standard InChI is InChI=1S/C12H15Cl2O2Si/c1-3-6-12(2)15-8-9-7-10(17(13)14)4-5-11(9)16-12/h4-5,7H,3,6,8H2,1-2H3. The van der Waals surface area contributed by atoms with Crippen molar-refractivity contribution in [2.24, 2.45) is 0 Å². The van der Waals surface area contributed by atoms with Crippen LogP contribution in [0.2, 0.25) is 0 Å². The third kappa shape index (κ3) is 2.97. The fourth-order valence-electron chi connectivity index (χ4n) is 1.98. The van der Waals surface area contributed by atoms with Gasteiger partial charge in [-0.1, -0.05) is 19.1 Å². The highest BCUT2D eigenvalue weighted by Crippen LogP contribution is 2.33. The Bertz CT molecular complexity index is 411. The normalized spacial score (nSPS) is 23.4. The molecule has 1 radical (unpaired) electrons. The van der Waals surface area contributed by atoms with Crippen molar-refractivity contribution in [1.82, 2.24) is 0 Å². The van der Waals surface area contributed by atoms with E-state index >= 15 is 0 Å². The summed E-state index contributed by atoms with van der Waals surface area (Å²) in [5.41, 5.74) is 1.03. The minimum absolute atomic E-state index is 0.501. The average Bonchev–Trinajstić information content (AvgIpc) is 2.28. The predicted molar refractivity (Wildman–Crippen MR) is 72.3 cm³/mol. The molecule has 1 aliphatic rings. The number of hydrogen-bond acceptors (Lipinski definition) is 2. The fourth-order valence-corrected chi connectivity index (χ4v) is 3.18. The largest absolute Gasteiger partial charge is 0.462 e. The first-order valence-corrected chi connectivity index (χ1v) is 9.20. The van der Waals surface area contributed by atoms with Gasteiger partial charge in [0.05, 0.1) is 6.61 Å². The van der Waals surface area contributed by atoms with E-state index < -0.39 is 13.2 Å². The van der Waals surface area contributed by atoms with E-state index in [4.69, 9.17) is 31.6 Å². The average molecular weight is 290 g/mol. The lowest BCUT2D eigenvalue weighted by molar-refractivity contribution is -0.197. The molecule has 1 heterocycles. The molecule has 0 saturated carbocycles. The summed E-state index contributed by atoms with van der Waals surface area (Å²) in [5, 5.41) is 0.975. The Labute approximate surface area is 113 Å². The van der Waals surface area contributed by atoms with Crippen LogP contribution in [-0.4, -0.2) is 13.2 Å². The molecule has 0 bridgehead atoms. The van der Waals surface area contributed by atoms with Crippen LogP contribution in [0.1, 0.15) is 32.3 Å². The molecule has 17 heavy (non-hydrogen) atoms. The van der Waals surface area contributed by atoms with E-state index in [0.29, 0.717) is 6.61 Å². The van der Waals surface area contributed by atoms with Gasteiger partial charge in [0.25, 0.3) is 0 Å². The maximum absolute atomic E-state index is 5.94. The summed E-state index contributed by atoms with van der Waals surface area (Å²) < 4.78 is 11.7. The van der Waals surface area contributed by atoms with Crippen LogP contribution in [0.5, 0.6) is 5.75 Å². The third-order valence-electron chi connectivity index (χ3n) is 2.84. The van der Waals surface area contributed by atoms with Gasteiger partial charge in [-0.3, -0.25) is 0 Å². The van der Waals surface area contributed by atoms with E-state index in [9.17, 15) is 0 Å². The van der Waals surface area contributed by atoms with Crippen molar-refractivity contribution in [2.45, 2.75) is 39.1 Å². The molecule has 0 N–H and O–H groups in total. The Morgan fingerprint density at radius 1 is 1.41 bits per heavy atom. The topological polar surface area (TPSA) is 18.5 Å². The van der Waals surface area contributed by atoms with E-state index in [-0.39, 0.29) is 0 Å². The Balaban J connectivity index is 2.23. The molecule has 1 aliphatic heterocycles. The van der Waals surface area contributed by atoms with Crippen LogP contribution in [0.25, 0.3) is 0 Å². The fraction of sp³-hybridized carbons (Fsp3) is 0.500. The van der Waals surface area contributed by atoms with Crippen LogP contribution in [0.15, 0.2) is 18.2 Å². The van der Waals surface area contributed by atoms with Gasteiger partial charge in [0.1, 0.15) is 5.75 Å². The van der Waals surface area contributed by atoms with Crippen LogP contribution in [-0.2, 0) is 11.3 Å². The number of fused-ring (bicyclic) bond motifs is 1. The van der Waals surface area contributed by atoms with Gasteiger partial charge >= 0.3 is 7.42 Å². The van der Waals surface area contributed by atoms with Crippen molar-refractivity contribution < 1.29 is 9.47 Å². The smallest absolute Gasteiger partial charge is 0.307 e. The van der Waals surface area contributed by atoms with Gasteiger partial charge in [0.2, 0.25) is 5.79 Å². The Kier molecular flexibility index (Phi) is 4.03. The molecule has 1 aromatic rings. The van der Waals surface area contributed by atoms with Crippen molar-refractivity contribution in [3.63, 3.8) is 0 Å². The van der Waals surface area contributed by atoms with E-state index in [1.165, 1.54) is 0 Å². The van der Waals surface area contributed by atoms with Gasteiger partial charge in [-0.25, -0.2) is 0 Å². The predicted octanol–water partition coefficient (Wildman–Crippen LogP) is 3.28. The zero-order valence-electron chi connectivity index (χ0n) is 9.93. The minimum Gasteiger partial charge on any atom is -0.462 e. The monoisotopic (exact) mass is 289 g/mol. The van der Waals surface area contributed by atoms with Gasteiger partial charge in [0, 0.05) is 18.9 Å². The van der Waals surface area contributed by atoms with Gasteiger partial charge in [-0.2, -0.15) is 0 Å². The highest BCUT2D eigenvalue weighted by molar-refractivity contribution is 7.39. The van der Waals surface area contributed by atoms with Crippen LogP contribution < -0.4 is 9.92 Å². The molecule has 5 heteroatoms. The zero-order valence-corrected chi connectivity index (χ0v) is 12.4. The van der Waals surface area contributed by atoms with Gasteiger partial charge in [0.15, 0.2) is 0 Å². The molecule has 93 valence electrons. The quantitative estimate of drug-likeness (QED) is 0.628. The molecule has 0 aliphatic carbocycles. The van der Waals surface area contributed by atoms with E-state index in [2.05, 4.69) is 6.92 Å². The van der Waals surface area contributed by atoms with E-state index in [1.807, 2.05) is 25.1 Å². The van der Waals surface area contributed by atoms with Crippen molar-refractivity contribution in [3.05, 3.63) is 23.8 Å². The molecule has 2 rings (SSSR count). The highest BCUT2D eigenvalue weighted by atomic mass is 35.7. The molecule has 0 spiro atoms. The molecule has 1 aromatic carbocycles. The second-order valence-corrected chi connectivity index (χ2v) is 8.30. The Hall–Kier alpha value is -0.223. The van der Waals surface area contributed by atoms with Crippen molar-refractivity contribution in [3.8, 4) is 5.75 Å². The number of ether oxygens (including phenoxy) is 2. The van der Waals surface area contributed by atoms with Crippen molar-refractivity contribution in [2.75, 3.05) is 0 Å². The maximum atomic E-state index is 5.94. The maximum Gasteiger partial charge on any atom is 0.307 e. The van der Waals surface area contributed by atoms with Crippen molar-refractivity contribution in [1.29, 1.82) is 0 Å². The molecule has 1 unspecified atom stereocenters. The first-order valence-electron chi connectivity index (χ1n) is 5.68. The molecule has 2 nitrogen and oxygen atoms in total. The van der Waals surface area contributed by atoms with E-state index in [0.717, 1.165) is 29.3 Å². The molecular weight excluding hydrogens is 275 g/mol. The van der Waals surface area contributed by atoms with E-state index in [1.54, 1.807) is 0 Å². The number of rotatable bonds is 3. The summed E-state index contributed by atoms with van der Waals surface area (Å²) in [5.74, 6) is 0.381. The van der Waals surface area contributed by atoms with Gasteiger partial charge < -0.3 is 9.47 Å². The summed E-state index contributed by atoms with van der Waals surface area (Å²) in [7, 11) is -1.45. The Morgan fingerprint density at radius 3 is 2.82 bits per heavy atom. The van der Waals surface area contributed by atoms with Crippen LogP contribution >= 0.6 is 22.2 Å². The molecule has 0 fully saturated rings. The lowest BCUT2D eigenvalue weighted by Gasteiger charge is -2.35. The summed E-state index contributed by atoms with van der Waals surface area (Å²) in [6.07, 6.45) is 1.91. The highest BCUT2D eigenvalue weighted by Gasteiger charge is 2.31. The zero-order chi connectivity index (χ0) is 12.5. The molecule has 0 amide bonds. The second kappa shape index (κ2) is 5.18. The Morgan fingerprint density at radius 2 is 2.18 bits per heavy atom. The summed E-state index contributed by atoms with van der Waals surface area (Å²) >= 11 is 11.9. The van der Waals surface area contributed by atoms with Crippen molar-refractivity contribution >= 4 is 34.8 Å². The van der Waals surface area contributed by atoms with Gasteiger partial charge in [-0.15, -0.1) is 22.2 Å². The second-order valence-electron chi connectivity index (χ2n) is 4.36. The summed E-state index contributed by atoms with van der Waals surface area (Å²) in [4.78, 5) is 0. The minimum atomic E-state index is -1.45. The summed E-state index contributed by atoms with van der Waals surface area (Å²) in [6.45, 7) is 4.65. The van der Waals surface area contributed by atoms with Crippen LogP contribution in [0.4, 0.5) is 0 Å². The first-order chi connectivity index (χ1) is 8.04. The lowest BCUT2D eigenvalue weighted by atomic mass is 10.1. The number of benzene rings is 1. The third-order valence-corrected chi connectivity index (χ3v) is 4.90. The van der Waals surface area contributed by atoms with Crippen LogP contribution in [0, 0.1) is 0 Å².